The molecule has 2 aromatic carbocycles. The van der Waals surface area contributed by atoms with E-state index in [4.69, 9.17) is 21.7 Å². The standard InChI is InChI=1S/C22H25Br2N3O4S/c1-3-5-10-30-18-9-7-15(12-17(18)24)21(29)25-22(32)27-26-20(28)13-31-19-8-6-14(4-2)11-16(19)23/h6-9,11-12H,3-5,10,13H2,1-2H3,(H,26,28)(H2,25,27,29,32). The zero-order chi connectivity index (χ0) is 23.5. The van der Waals surface area contributed by atoms with E-state index in [2.05, 4.69) is 61.9 Å². The van der Waals surface area contributed by atoms with Gasteiger partial charge in [0.1, 0.15) is 11.5 Å². The first kappa shape index (κ1) is 26.1. The molecule has 0 bridgehead atoms. The molecule has 0 saturated heterocycles. The van der Waals surface area contributed by atoms with Gasteiger partial charge in [-0.25, -0.2) is 0 Å². The molecule has 0 aliphatic rings. The van der Waals surface area contributed by atoms with Crippen LogP contribution in [0.25, 0.3) is 0 Å². The fourth-order valence-corrected chi connectivity index (χ4v) is 3.66. The Kier molecular flexibility index (Phi) is 10.9. The molecule has 2 amide bonds. The number of carbonyl (C=O) groups excluding carboxylic acids is 2. The van der Waals surface area contributed by atoms with Crippen LogP contribution in [0, 0.1) is 0 Å². The smallest absolute Gasteiger partial charge is 0.276 e. The van der Waals surface area contributed by atoms with Gasteiger partial charge in [-0.1, -0.05) is 26.3 Å². The van der Waals surface area contributed by atoms with E-state index in [-0.39, 0.29) is 11.7 Å². The lowest BCUT2D eigenvalue weighted by Gasteiger charge is -2.13. The summed E-state index contributed by atoms with van der Waals surface area (Å²) in [6.45, 7) is 4.53. The maximum Gasteiger partial charge on any atom is 0.276 e. The van der Waals surface area contributed by atoms with Gasteiger partial charge in [0.05, 0.1) is 15.6 Å². The Morgan fingerprint density at radius 2 is 1.66 bits per heavy atom. The minimum absolute atomic E-state index is 0.0452. The Labute approximate surface area is 209 Å². The first-order valence-electron chi connectivity index (χ1n) is 10.1. The molecule has 3 N–H and O–H groups in total. The molecule has 10 heteroatoms. The van der Waals surface area contributed by atoms with Gasteiger partial charge in [0, 0.05) is 5.56 Å². The number of hydrogen-bond donors (Lipinski definition) is 3. The van der Waals surface area contributed by atoms with E-state index in [1.165, 1.54) is 0 Å². The van der Waals surface area contributed by atoms with Crippen LogP contribution in [0.1, 0.15) is 42.6 Å². The molecule has 0 heterocycles. The second-order valence-electron chi connectivity index (χ2n) is 6.71. The molecular weight excluding hydrogens is 562 g/mol. The number of carbonyl (C=O) groups is 2. The van der Waals surface area contributed by atoms with Crippen molar-refractivity contribution in [2.24, 2.45) is 0 Å². The fraction of sp³-hybridized carbons (Fsp3) is 0.318. The number of thiocarbonyl (C=S) groups is 1. The molecule has 2 aromatic rings. The van der Waals surface area contributed by atoms with Crippen LogP contribution in [0.15, 0.2) is 45.3 Å². The molecular formula is C22H25Br2N3O4S. The van der Waals surface area contributed by atoms with Gasteiger partial charge < -0.3 is 9.47 Å². The van der Waals surface area contributed by atoms with Crippen LogP contribution in [0.2, 0.25) is 0 Å². The fourth-order valence-electron chi connectivity index (χ4n) is 2.48. The summed E-state index contributed by atoms with van der Waals surface area (Å²) in [4.78, 5) is 24.4. The summed E-state index contributed by atoms with van der Waals surface area (Å²) < 4.78 is 12.6. The van der Waals surface area contributed by atoms with Crippen molar-refractivity contribution in [3.8, 4) is 11.5 Å². The van der Waals surface area contributed by atoms with Gasteiger partial charge in [-0.15, -0.1) is 0 Å². The van der Waals surface area contributed by atoms with Gasteiger partial charge in [-0.3, -0.25) is 25.8 Å². The second-order valence-corrected chi connectivity index (χ2v) is 8.83. The van der Waals surface area contributed by atoms with E-state index in [0.717, 1.165) is 29.3 Å². The van der Waals surface area contributed by atoms with E-state index in [1.807, 2.05) is 12.1 Å². The Bertz CT molecular complexity index is 972. The lowest BCUT2D eigenvalue weighted by atomic mass is 10.2. The van der Waals surface area contributed by atoms with E-state index in [1.54, 1.807) is 24.3 Å². The third-order valence-electron chi connectivity index (χ3n) is 4.26. The van der Waals surface area contributed by atoms with E-state index < -0.39 is 11.8 Å². The minimum Gasteiger partial charge on any atom is -0.492 e. The zero-order valence-corrected chi connectivity index (χ0v) is 21.8. The van der Waals surface area contributed by atoms with Crippen molar-refractivity contribution in [3.63, 3.8) is 0 Å². The number of halogens is 2. The van der Waals surface area contributed by atoms with Crippen LogP contribution in [0.4, 0.5) is 0 Å². The van der Waals surface area contributed by atoms with E-state index in [9.17, 15) is 9.59 Å². The largest absolute Gasteiger partial charge is 0.492 e. The normalized spacial score (nSPS) is 10.2. The van der Waals surface area contributed by atoms with Gasteiger partial charge in [0.25, 0.3) is 11.8 Å². The SMILES string of the molecule is CCCCOc1ccc(C(=O)NC(=S)NNC(=O)COc2ccc(CC)cc2Br)cc1Br. The summed E-state index contributed by atoms with van der Waals surface area (Å²) in [6, 6.07) is 10.7. The number of benzene rings is 2. The predicted octanol–water partition coefficient (Wildman–Crippen LogP) is 4.67. The van der Waals surface area contributed by atoms with Crippen LogP contribution in [-0.2, 0) is 11.2 Å². The van der Waals surface area contributed by atoms with Gasteiger partial charge in [0.15, 0.2) is 11.7 Å². The van der Waals surface area contributed by atoms with Gasteiger partial charge in [-0.2, -0.15) is 0 Å². The van der Waals surface area contributed by atoms with E-state index in [0.29, 0.717) is 28.1 Å². The quantitative estimate of drug-likeness (QED) is 0.225. The molecule has 0 fully saturated rings. The summed E-state index contributed by atoms with van der Waals surface area (Å²) in [6.07, 6.45) is 2.89. The summed E-state index contributed by atoms with van der Waals surface area (Å²) in [5.74, 6) is 0.345. The number of hydrazine groups is 1. The number of amides is 2. The van der Waals surface area contributed by atoms with Gasteiger partial charge >= 0.3 is 0 Å². The zero-order valence-electron chi connectivity index (χ0n) is 17.8. The van der Waals surface area contributed by atoms with Crippen LogP contribution >= 0.6 is 44.1 Å². The van der Waals surface area contributed by atoms with Gasteiger partial charge in [0.2, 0.25) is 0 Å². The Hall–Kier alpha value is -2.17. The molecule has 0 atom stereocenters. The predicted molar refractivity (Wildman–Crippen MR) is 135 cm³/mol. The monoisotopic (exact) mass is 585 g/mol. The highest BCUT2D eigenvalue weighted by atomic mass is 79.9. The lowest BCUT2D eigenvalue weighted by Crippen LogP contribution is -2.49. The molecule has 0 saturated carbocycles. The molecule has 0 radical (unpaired) electrons. The van der Waals surface area contributed by atoms with Gasteiger partial charge in [-0.05, 0) is 92.8 Å². The average molecular weight is 587 g/mol. The number of rotatable bonds is 9. The summed E-state index contributed by atoms with van der Waals surface area (Å²) in [5.41, 5.74) is 6.41. The third kappa shape index (κ3) is 8.40. The van der Waals surface area contributed by atoms with Crippen molar-refractivity contribution in [2.45, 2.75) is 33.1 Å². The number of hydrogen-bond acceptors (Lipinski definition) is 5. The average Bonchev–Trinajstić information content (AvgIpc) is 2.77. The van der Waals surface area contributed by atoms with Crippen LogP contribution in [0.3, 0.4) is 0 Å². The number of aryl methyl sites for hydroxylation is 1. The summed E-state index contributed by atoms with van der Waals surface area (Å²) in [7, 11) is 0. The van der Waals surface area contributed by atoms with E-state index >= 15 is 0 Å². The first-order chi connectivity index (χ1) is 15.3. The maximum absolute atomic E-state index is 12.4. The molecule has 32 heavy (non-hydrogen) atoms. The first-order valence-corrected chi connectivity index (χ1v) is 12.1. The van der Waals surface area contributed by atoms with Crippen LogP contribution < -0.4 is 25.6 Å². The summed E-state index contributed by atoms with van der Waals surface area (Å²) >= 11 is 11.9. The van der Waals surface area contributed by atoms with Crippen molar-refractivity contribution in [2.75, 3.05) is 13.2 Å². The van der Waals surface area contributed by atoms with Crippen molar-refractivity contribution in [1.29, 1.82) is 0 Å². The third-order valence-corrected chi connectivity index (χ3v) is 5.70. The molecule has 0 spiro atoms. The molecule has 7 nitrogen and oxygen atoms in total. The van der Waals surface area contributed by atoms with Crippen molar-refractivity contribution >= 4 is 61.0 Å². The highest BCUT2D eigenvalue weighted by molar-refractivity contribution is 9.10. The molecule has 172 valence electrons. The number of ether oxygens (including phenoxy) is 2. The molecule has 0 unspecified atom stereocenters. The highest BCUT2D eigenvalue weighted by Crippen LogP contribution is 2.27. The molecule has 2 rings (SSSR count). The number of nitrogens with one attached hydrogen (secondary N) is 3. The maximum atomic E-state index is 12.4. The van der Waals surface area contributed by atoms with Crippen molar-refractivity contribution in [1.82, 2.24) is 16.2 Å². The highest BCUT2D eigenvalue weighted by Gasteiger charge is 2.12. The molecule has 0 aliphatic carbocycles. The Morgan fingerprint density at radius 1 is 0.969 bits per heavy atom. The topological polar surface area (TPSA) is 88.7 Å². The molecule has 0 aromatic heterocycles. The lowest BCUT2D eigenvalue weighted by molar-refractivity contribution is -0.123. The van der Waals surface area contributed by atoms with Crippen molar-refractivity contribution in [3.05, 3.63) is 56.5 Å². The Morgan fingerprint density at radius 3 is 2.31 bits per heavy atom. The Balaban J connectivity index is 1.77. The second kappa shape index (κ2) is 13.4. The molecule has 0 aliphatic heterocycles. The van der Waals surface area contributed by atoms with Crippen LogP contribution in [0.5, 0.6) is 11.5 Å². The van der Waals surface area contributed by atoms with Crippen LogP contribution in [-0.4, -0.2) is 30.1 Å². The summed E-state index contributed by atoms with van der Waals surface area (Å²) in [5, 5.41) is 2.46. The number of unbranched alkanes of at least 4 members (excludes halogenated alkanes) is 1. The van der Waals surface area contributed by atoms with Crippen molar-refractivity contribution < 1.29 is 19.1 Å². The minimum atomic E-state index is -0.454.